The Labute approximate surface area is 314 Å². The van der Waals surface area contributed by atoms with E-state index in [1.807, 2.05) is 78.9 Å². The number of ether oxygens (including phenoxy) is 1. The fourth-order valence-electron chi connectivity index (χ4n) is 6.07. The second-order valence-corrected chi connectivity index (χ2v) is 15.6. The van der Waals surface area contributed by atoms with Gasteiger partial charge in [0.2, 0.25) is 0 Å². The van der Waals surface area contributed by atoms with E-state index in [0.717, 1.165) is 41.9 Å². The van der Waals surface area contributed by atoms with Gasteiger partial charge in [0.15, 0.2) is 0 Å². The normalized spacial score (nSPS) is 12.7. The largest absolute Gasteiger partial charge is 0.494 e. The molecule has 0 saturated carbocycles. The molecule has 2 unspecified atom stereocenters. The molecule has 8 heteroatoms. The van der Waals surface area contributed by atoms with Crippen molar-refractivity contribution < 1.29 is 27.6 Å². The van der Waals surface area contributed by atoms with Crippen LogP contribution in [-0.4, -0.2) is 25.2 Å². The van der Waals surface area contributed by atoms with Crippen LogP contribution in [0, 0.1) is 0 Å². The molecule has 0 amide bonds. The highest BCUT2D eigenvalue weighted by molar-refractivity contribution is 8.00. The highest BCUT2D eigenvalue weighted by atomic mass is 32.2. The van der Waals surface area contributed by atoms with Gasteiger partial charge in [0, 0.05) is 9.79 Å². The van der Waals surface area contributed by atoms with Gasteiger partial charge in [-0.2, -0.15) is 8.42 Å². The van der Waals surface area contributed by atoms with E-state index < -0.39 is 22.3 Å². The van der Waals surface area contributed by atoms with Gasteiger partial charge < -0.3 is 19.1 Å². The number of aliphatic hydroxyl groups excluding tert-OH is 2. The molecule has 274 valence electrons. The molecule has 0 fully saturated rings. The Morgan fingerprint density at radius 2 is 1.35 bits per heavy atom. The van der Waals surface area contributed by atoms with Crippen molar-refractivity contribution in [2.45, 2.75) is 98.5 Å². The smallest absolute Gasteiger partial charge is 0.340 e. The lowest BCUT2D eigenvalue weighted by atomic mass is 9.91. The van der Waals surface area contributed by atoms with Gasteiger partial charge in [-0.3, -0.25) is 0 Å². The van der Waals surface area contributed by atoms with Crippen molar-refractivity contribution in [3.05, 3.63) is 138 Å². The summed E-state index contributed by atoms with van der Waals surface area (Å²) in [6, 6.07) is 36.3. The van der Waals surface area contributed by atoms with E-state index in [1.54, 1.807) is 42.5 Å². The third-order valence-corrected chi connectivity index (χ3v) is 11.5. The summed E-state index contributed by atoms with van der Waals surface area (Å²) >= 11 is 1.33. The Kier molecular flexibility index (Phi) is 14.8. The number of hydrogen-bond acceptors (Lipinski definition) is 7. The summed E-state index contributed by atoms with van der Waals surface area (Å²) in [6.45, 7) is 4.97. The average molecular weight is 739 g/mol. The van der Waals surface area contributed by atoms with Crippen molar-refractivity contribution in [3.63, 3.8) is 0 Å². The van der Waals surface area contributed by atoms with Gasteiger partial charge in [-0.1, -0.05) is 143 Å². The molecule has 0 aliphatic carbocycles. The molecule has 0 heterocycles. The first-order chi connectivity index (χ1) is 25.3. The second kappa shape index (κ2) is 19.7. The zero-order chi connectivity index (χ0) is 36.8. The zero-order valence-corrected chi connectivity index (χ0v) is 31.7. The van der Waals surface area contributed by atoms with Crippen molar-refractivity contribution >= 4 is 21.9 Å². The molecule has 0 aromatic heterocycles. The van der Waals surface area contributed by atoms with Crippen LogP contribution in [0.2, 0.25) is 0 Å². The molecule has 0 saturated heterocycles. The number of hydrogen-bond donors (Lipinski definition) is 2. The van der Waals surface area contributed by atoms with Crippen LogP contribution < -0.4 is 8.92 Å². The molecule has 0 aliphatic rings. The van der Waals surface area contributed by atoms with E-state index in [0.29, 0.717) is 40.2 Å². The maximum Gasteiger partial charge on any atom is 0.340 e. The molecule has 2 atom stereocenters. The Morgan fingerprint density at radius 1 is 0.654 bits per heavy atom. The minimum atomic E-state index is -4.27. The summed E-state index contributed by atoms with van der Waals surface area (Å²) in [6.07, 6.45) is 7.98. The fourth-order valence-corrected chi connectivity index (χ4v) is 8.36. The van der Waals surface area contributed by atoms with Crippen molar-refractivity contribution in [1.82, 2.24) is 0 Å². The van der Waals surface area contributed by atoms with E-state index in [1.165, 1.54) is 37.4 Å². The zero-order valence-electron chi connectivity index (χ0n) is 30.1. The Hall–Kier alpha value is -4.08. The average Bonchev–Trinajstić information content (AvgIpc) is 3.17. The van der Waals surface area contributed by atoms with Crippen molar-refractivity contribution in [2.75, 3.05) is 6.61 Å². The van der Waals surface area contributed by atoms with E-state index in [9.17, 15) is 18.6 Å². The maximum absolute atomic E-state index is 14.0. The molecule has 0 spiro atoms. The standard InChI is InChI=1S/C44H50O6S2/c1-3-5-7-8-9-13-23-41(45)34-17-16-18-35(31-34)44(46)40-22-15-14-21-39(40)33-24-29-42(51-38-27-25-36(26-28-38)49-30-6-4-2)43(32-33)52(47,48)50-37-19-11-10-12-20-37/h10-12,14-22,24-29,31-32,41,44-46H,3-9,13,23,30H2,1-2H3. The minimum absolute atomic E-state index is 0.0197. The van der Waals surface area contributed by atoms with Gasteiger partial charge in [-0.15, -0.1) is 0 Å². The molecular weight excluding hydrogens is 689 g/mol. The summed E-state index contributed by atoms with van der Waals surface area (Å²) in [4.78, 5) is 1.37. The molecule has 2 N–H and O–H groups in total. The summed E-state index contributed by atoms with van der Waals surface area (Å²) < 4.78 is 39.3. The first kappa shape index (κ1) is 39.1. The summed E-state index contributed by atoms with van der Waals surface area (Å²) in [5.41, 5.74) is 3.36. The van der Waals surface area contributed by atoms with Crippen LogP contribution in [0.1, 0.15) is 101 Å². The van der Waals surface area contributed by atoms with Gasteiger partial charge in [-0.05, 0) is 89.2 Å². The molecule has 5 aromatic rings. The van der Waals surface area contributed by atoms with E-state index in [2.05, 4.69) is 13.8 Å². The lowest BCUT2D eigenvalue weighted by molar-refractivity contribution is 0.162. The van der Waals surface area contributed by atoms with Gasteiger partial charge in [0.25, 0.3) is 0 Å². The monoisotopic (exact) mass is 738 g/mol. The number of aliphatic hydroxyl groups is 2. The predicted octanol–water partition coefficient (Wildman–Crippen LogP) is 11.3. The lowest BCUT2D eigenvalue weighted by Gasteiger charge is -2.19. The maximum atomic E-state index is 14.0. The SMILES string of the molecule is CCCCCCCCC(O)c1cccc(C(O)c2ccccc2-c2ccc(Sc3ccc(OCCCC)cc3)c(S(=O)(=O)Oc3ccccc3)c2)c1. The summed E-state index contributed by atoms with van der Waals surface area (Å²) in [5.74, 6) is 0.980. The lowest BCUT2D eigenvalue weighted by Crippen LogP contribution is -2.11. The number of rotatable bonds is 20. The highest BCUT2D eigenvalue weighted by Gasteiger charge is 2.25. The predicted molar refractivity (Wildman–Crippen MR) is 211 cm³/mol. The topological polar surface area (TPSA) is 93.1 Å². The molecule has 6 nitrogen and oxygen atoms in total. The molecule has 5 rings (SSSR count). The van der Waals surface area contributed by atoms with E-state index >= 15 is 0 Å². The molecule has 52 heavy (non-hydrogen) atoms. The van der Waals surface area contributed by atoms with Crippen LogP contribution >= 0.6 is 11.8 Å². The molecule has 5 aromatic carbocycles. The Bertz CT molecular complexity index is 1940. The van der Waals surface area contributed by atoms with E-state index in [-0.39, 0.29) is 10.6 Å². The van der Waals surface area contributed by atoms with Crippen LogP contribution in [0.3, 0.4) is 0 Å². The third-order valence-electron chi connectivity index (χ3n) is 8.99. The second-order valence-electron chi connectivity index (χ2n) is 13.0. The summed E-state index contributed by atoms with van der Waals surface area (Å²) in [5, 5.41) is 22.7. The first-order valence-corrected chi connectivity index (χ1v) is 20.6. The Morgan fingerprint density at radius 3 is 2.12 bits per heavy atom. The molecule has 0 radical (unpaired) electrons. The Balaban J connectivity index is 1.43. The number of benzene rings is 5. The van der Waals surface area contributed by atoms with Gasteiger partial charge in [-0.25, -0.2) is 0 Å². The highest BCUT2D eigenvalue weighted by Crippen LogP contribution is 2.39. The van der Waals surface area contributed by atoms with Crippen LogP contribution in [0.4, 0.5) is 0 Å². The van der Waals surface area contributed by atoms with Crippen molar-refractivity contribution in [1.29, 1.82) is 0 Å². The molecule has 0 bridgehead atoms. The molecular formula is C44H50O6S2. The van der Waals surface area contributed by atoms with Gasteiger partial charge in [0.05, 0.1) is 12.7 Å². The summed E-state index contributed by atoms with van der Waals surface area (Å²) in [7, 11) is -4.27. The fraction of sp³-hybridized carbons (Fsp3) is 0.318. The minimum Gasteiger partial charge on any atom is -0.494 e. The van der Waals surface area contributed by atoms with Crippen LogP contribution in [-0.2, 0) is 10.1 Å². The number of para-hydroxylation sites is 1. The third kappa shape index (κ3) is 11.0. The van der Waals surface area contributed by atoms with Crippen molar-refractivity contribution in [3.8, 4) is 22.6 Å². The van der Waals surface area contributed by atoms with E-state index in [4.69, 9.17) is 8.92 Å². The van der Waals surface area contributed by atoms with Crippen molar-refractivity contribution in [2.24, 2.45) is 0 Å². The first-order valence-electron chi connectivity index (χ1n) is 18.4. The number of unbranched alkanes of at least 4 members (excludes halogenated alkanes) is 6. The quantitative estimate of drug-likeness (QED) is 0.0606. The van der Waals surface area contributed by atoms with Crippen LogP contribution in [0.25, 0.3) is 11.1 Å². The van der Waals surface area contributed by atoms with Gasteiger partial charge >= 0.3 is 10.1 Å². The van der Waals surface area contributed by atoms with Crippen LogP contribution in [0.15, 0.2) is 136 Å². The van der Waals surface area contributed by atoms with Crippen LogP contribution in [0.5, 0.6) is 11.5 Å². The molecule has 0 aliphatic heterocycles. The van der Waals surface area contributed by atoms with Gasteiger partial charge in [0.1, 0.15) is 22.5 Å².